The van der Waals surface area contributed by atoms with E-state index >= 15 is 0 Å². The molecule has 2 N–H and O–H groups in total. The lowest BCUT2D eigenvalue weighted by molar-refractivity contribution is 0.1000. The number of benzene rings is 1. The molecular formula is C15H9N3O2S. The van der Waals surface area contributed by atoms with E-state index in [1.807, 2.05) is 0 Å². The number of thiazole rings is 1. The van der Waals surface area contributed by atoms with Crippen LogP contribution in [0.5, 0.6) is 5.75 Å². The van der Waals surface area contributed by atoms with E-state index in [4.69, 9.17) is 16.9 Å². The molecule has 21 heavy (non-hydrogen) atoms. The number of nitrogens with zero attached hydrogens (tertiary/aromatic N) is 2. The van der Waals surface area contributed by atoms with Crippen molar-refractivity contribution in [2.24, 2.45) is 5.73 Å². The molecule has 1 aliphatic rings. The molecule has 3 rings (SSSR count). The Labute approximate surface area is 125 Å². The van der Waals surface area contributed by atoms with Crippen LogP contribution < -0.4 is 10.5 Å². The summed E-state index contributed by atoms with van der Waals surface area (Å²) in [5.74, 6) is 2.03. The summed E-state index contributed by atoms with van der Waals surface area (Å²) < 4.78 is 5.65. The number of ether oxygens (including phenoxy) is 1. The van der Waals surface area contributed by atoms with Crippen LogP contribution in [0.25, 0.3) is 11.3 Å². The first kappa shape index (κ1) is 13.2. The summed E-state index contributed by atoms with van der Waals surface area (Å²) in [5.41, 5.74) is 7.19. The zero-order valence-corrected chi connectivity index (χ0v) is 11.6. The molecule has 2 aromatic rings. The summed E-state index contributed by atoms with van der Waals surface area (Å²) in [6, 6.07) is 7.43. The molecule has 0 radical (unpaired) electrons. The number of rotatable bonds is 1. The van der Waals surface area contributed by atoms with Gasteiger partial charge in [-0.15, -0.1) is 17.8 Å². The molecule has 0 aliphatic carbocycles. The van der Waals surface area contributed by atoms with Crippen LogP contribution in [0.4, 0.5) is 0 Å². The fraction of sp³-hybridized carbons (Fsp3) is 0.133. The van der Waals surface area contributed by atoms with Crippen LogP contribution in [0.2, 0.25) is 0 Å². The molecule has 1 unspecified atom stereocenters. The highest BCUT2D eigenvalue weighted by Crippen LogP contribution is 2.41. The molecular weight excluding hydrogens is 286 g/mol. The highest BCUT2D eigenvalue weighted by Gasteiger charge is 2.28. The summed E-state index contributed by atoms with van der Waals surface area (Å²) in [6.07, 6.45) is 5.41. The third-order valence-corrected chi connectivity index (χ3v) is 4.33. The van der Waals surface area contributed by atoms with Crippen molar-refractivity contribution in [2.45, 2.75) is 5.92 Å². The van der Waals surface area contributed by atoms with E-state index in [1.165, 1.54) is 0 Å². The maximum Gasteiger partial charge on any atom is 0.277 e. The van der Waals surface area contributed by atoms with Crippen LogP contribution in [0.3, 0.4) is 0 Å². The Kier molecular flexibility index (Phi) is 3.09. The van der Waals surface area contributed by atoms with E-state index in [-0.39, 0.29) is 11.6 Å². The second kappa shape index (κ2) is 4.93. The third kappa shape index (κ3) is 2.12. The lowest BCUT2D eigenvalue weighted by Crippen LogP contribution is -2.10. The van der Waals surface area contributed by atoms with Crippen molar-refractivity contribution < 1.29 is 9.53 Å². The first-order chi connectivity index (χ1) is 10.1. The molecule has 0 spiro atoms. The lowest BCUT2D eigenvalue weighted by atomic mass is 10.0. The summed E-state index contributed by atoms with van der Waals surface area (Å²) in [4.78, 5) is 16.3. The molecule has 0 bridgehead atoms. The van der Waals surface area contributed by atoms with Crippen molar-refractivity contribution in [3.63, 3.8) is 0 Å². The maximum absolute atomic E-state index is 11.4. The number of nitriles is 1. The highest BCUT2D eigenvalue weighted by atomic mass is 32.1. The molecule has 0 saturated heterocycles. The number of hydrogen-bond donors (Lipinski definition) is 1. The molecule has 1 aromatic carbocycles. The average Bonchev–Trinajstić information content (AvgIpc) is 2.87. The highest BCUT2D eigenvalue weighted by molar-refractivity contribution is 7.14. The van der Waals surface area contributed by atoms with Gasteiger partial charge in [0.2, 0.25) is 0 Å². The Morgan fingerprint density at radius 3 is 3.05 bits per heavy atom. The number of terminal acetylenes is 1. The minimum absolute atomic E-state index is 0.180. The van der Waals surface area contributed by atoms with E-state index in [0.717, 1.165) is 11.3 Å². The largest absolute Gasteiger partial charge is 0.491 e. The monoisotopic (exact) mass is 295 g/mol. The van der Waals surface area contributed by atoms with E-state index in [0.29, 0.717) is 27.4 Å². The van der Waals surface area contributed by atoms with E-state index in [1.54, 1.807) is 18.2 Å². The van der Waals surface area contributed by atoms with Crippen LogP contribution >= 0.6 is 11.3 Å². The minimum atomic E-state index is -0.611. The van der Waals surface area contributed by atoms with Crippen molar-refractivity contribution in [1.29, 1.82) is 5.26 Å². The topological polar surface area (TPSA) is 89.0 Å². The summed E-state index contributed by atoms with van der Waals surface area (Å²) >= 11 is 1.13. The molecule has 0 saturated carbocycles. The van der Waals surface area contributed by atoms with Crippen molar-refractivity contribution in [3.05, 3.63) is 33.6 Å². The van der Waals surface area contributed by atoms with E-state index in [2.05, 4.69) is 17.0 Å². The van der Waals surface area contributed by atoms with Crippen molar-refractivity contribution in [3.8, 4) is 35.4 Å². The Balaban J connectivity index is 2.28. The van der Waals surface area contributed by atoms with Crippen LogP contribution in [-0.2, 0) is 0 Å². The van der Waals surface area contributed by atoms with Gasteiger partial charge in [0.1, 0.15) is 18.3 Å². The summed E-state index contributed by atoms with van der Waals surface area (Å²) in [5, 5.41) is 9.47. The molecule has 5 nitrogen and oxygen atoms in total. The van der Waals surface area contributed by atoms with Gasteiger partial charge in [-0.25, -0.2) is 4.98 Å². The molecule has 0 fully saturated rings. The van der Waals surface area contributed by atoms with Gasteiger partial charge in [-0.1, -0.05) is 5.92 Å². The first-order valence-corrected chi connectivity index (χ1v) is 6.89. The van der Waals surface area contributed by atoms with Gasteiger partial charge in [0, 0.05) is 11.1 Å². The van der Waals surface area contributed by atoms with Gasteiger partial charge in [0.25, 0.3) is 5.91 Å². The van der Waals surface area contributed by atoms with Gasteiger partial charge in [-0.3, -0.25) is 4.79 Å². The van der Waals surface area contributed by atoms with Crippen LogP contribution in [0.15, 0.2) is 18.2 Å². The number of nitrogens with two attached hydrogens (primary N) is 1. The standard InChI is InChI=1S/C15H9N3O2S/c1-2-8-3-4-11-10(5-8)12-13(9(6-16)7-20-11)21-15(18-12)14(17)19/h1,3-5,9H,7H2,(H2,17,19). The average molecular weight is 295 g/mol. The molecule has 102 valence electrons. The number of carbonyl (C=O) groups is 1. The van der Waals surface area contributed by atoms with Crippen molar-refractivity contribution >= 4 is 17.2 Å². The Bertz CT molecular complexity index is 826. The normalized spacial score (nSPS) is 15.6. The molecule has 1 amide bonds. The zero-order chi connectivity index (χ0) is 15.0. The van der Waals surface area contributed by atoms with Gasteiger partial charge in [0.15, 0.2) is 5.01 Å². The lowest BCUT2D eigenvalue weighted by Gasteiger charge is -2.07. The maximum atomic E-state index is 11.4. The molecule has 1 aromatic heterocycles. The number of hydrogen-bond acceptors (Lipinski definition) is 5. The fourth-order valence-electron chi connectivity index (χ4n) is 2.14. The van der Waals surface area contributed by atoms with Gasteiger partial charge in [0.05, 0.1) is 16.6 Å². The summed E-state index contributed by atoms with van der Waals surface area (Å²) in [6.45, 7) is 0.201. The SMILES string of the molecule is C#Cc1ccc2c(c1)-c1nc(C(N)=O)sc1C(C#N)CO2. The van der Waals surface area contributed by atoms with Crippen LogP contribution in [0, 0.1) is 23.7 Å². The minimum Gasteiger partial charge on any atom is -0.491 e. The van der Waals surface area contributed by atoms with Crippen LogP contribution in [0.1, 0.15) is 26.2 Å². The first-order valence-electron chi connectivity index (χ1n) is 6.08. The quantitative estimate of drug-likeness (QED) is 0.814. The Morgan fingerprint density at radius 1 is 1.57 bits per heavy atom. The predicted octanol–water partition coefficient (Wildman–Crippen LogP) is 1.89. The Morgan fingerprint density at radius 2 is 2.38 bits per heavy atom. The van der Waals surface area contributed by atoms with Crippen molar-refractivity contribution in [2.75, 3.05) is 6.61 Å². The second-order valence-electron chi connectivity index (χ2n) is 4.44. The van der Waals surface area contributed by atoms with Gasteiger partial charge < -0.3 is 10.5 Å². The van der Waals surface area contributed by atoms with Crippen molar-refractivity contribution in [1.82, 2.24) is 4.98 Å². The molecule has 1 atom stereocenters. The Hall–Kier alpha value is -2.83. The van der Waals surface area contributed by atoms with Gasteiger partial charge >= 0.3 is 0 Å². The number of amides is 1. The second-order valence-corrected chi connectivity index (χ2v) is 5.47. The predicted molar refractivity (Wildman–Crippen MR) is 77.9 cm³/mol. The number of aromatic nitrogens is 1. The molecule has 6 heteroatoms. The number of primary amides is 1. The number of carbonyl (C=O) groups excluding carboxylic acids is 1. The van der Waals surface area contributed by atoms with Gasteiger partial charge in [-0.05, 0) is 18.2 Å². The van der Waals surface area contributed by atoms with Crippen LogP contribution in [-0.4, -0.2) is 17.5 Å². The smallest absolute Gasteiger partial charge is 0.277 e. The third-order valence-electron chi connectivity index (χ3n) is 3.14. The fourth-order valence-corrected chi connectivity index (χ4v) is 3.10. The van der Waals surface area contributed by atoms with E-state index in [9.17, 15) is 10.1 Å². The molecule has 2 heterocycles. The van der Waals surface area contributed by atoms with Gasteiger partial charge in [-0.2, -0.15) is 5.26 Å². The summed E-state index contributed by atoms with van der Waals surface area (Å²) in [7, 11) is 0. The molecule has 1 aliphatic heterocycles. The zero-order valence-electron chi connectivity index (χ0n) is 10.8. The van der Waals surface area contributed by atoms with E-state index < -0.39 is 11.8 Å². The number of fused-ring (bicyclic) bond motifs is 3.